The topological polar surface area (TPSA) is 78.9 Å². The summed E-state index contributed by atoms with van der Waals surface area (Å²) in [4.78, 5) is 23.3. The van der Waals surface area contributed by atoms with Crippen LogP contribution in [0.2, 0.25) is 0 Å². The van der Waals surface area contributed by atoms with Crippen LogP contribution in [0.3, 0.4) is 0 Å². The second-order valence-corrected chi connectivity index (χ2v) is 7.16. The first kappa shape index (κ1) is 25.3. The molecule has 0 saturated heterocycles. The maximum Gasteiger partial charge on any atom is 0.251 e. The average molecular weight is 531 g/mol. The summed E-state index contributed by atoms with van der Waals surface area (Å²) in [5.74, 6) is 0.697. The molecule has 160 valence electrons. The maximum atomic E-state index is 12.1. The van der Waals surface area contributed by atoms with E-state index in [0.717, 1.165) is 23.2 Å². The third-order valence-electron chi connectivity index (χ3n) is 4.06. The van der Waals surface area contributed by atoms with Crippen molar-refractivity contribution in [1.82, 2.24) is 20.5 Å². The number of nitrogens with one attached hydrogen (secondary N) is 2. The van der Waals surface area contributed by atoms with Gasteiger partial charge in [0.15, 0.2) is 5.96 Å². The fourth-order valence-corrected chi connectivity index (χ4v) is 3.34. The summed E-state index contributed by atoms with van der Waals surface area (Å²) < 4.78 is 5.32. The zero-order chi connectivity index (χ0) is 20.4. The Balaban J connectivity index is 0.00000420. The first-order valence-corrected chi connectivity index (χ1v) is 10.2. The van der Waals surface area contributed by atoms with Gasteiger partial charge in [0.25, 0.3) is 5.91 Å². The van der Waals surface area contributed by atoms with Gasteiger partial charge in [0.05, 0.1) is 18.8 Å². The van der Waals surface area contributed by atoms with Crippen molar-refractivity contribution in [3.05, 3.63) is 52.0 Å². The van der Waals surface area contributed by atoms with Crippen LogP contribution in [0, 0.1) is 0 Å². The molecular weight excluding hydrogens is 501 g/mol. The molecule has 2 rings (SSSR count). The molecule has 7 nitrogen and oxygen atoms in total. The molecule has 0 aliphatic heterocycles. The van der Waals surface area contributed by atoms with E-state index in [4.69, 9.17) is 4.74 Å². The number of aromatic nitrogens is 1. The molecule has 0 fully saturated rings. The van der Waals surface area contributed by atoms with Crippen molar-refractivity contribution in [3.63, 3.8) is 0 Å². The van der Waals surface area contributed by atoms with Gasteiger partial charge >= 0.3 is 0 Å². The Morgan fingerprint density at radius 1 is 1.31 bits per heavy atom. The minimum Gasteiger partial charge on any atom is -0.375 e. The lowest BCUT2D eigenvalue weighted by atomic mass is 10.2. The second-order valence-electron chi connectivity index (χ2n) is 6.27. The summed E-state index contributed by atoms with van der Waals surface area (Å²) in [7, 11) is 3.66. The highest BCUT2D eigenvalue weighted by Crippen LogP contribution is 2.20. The average Bonchev–Trinajstić information content (AvgIpc) is 3.18. The van der Waals surface area contributed by atoms with Gasteiger partial charge in [-0.05, 0) is 26.0 Å². The van der Waals surface area contributed by atoms with Crippen LogP contribution in [0.15, 0.2) is 40.7 Å². The number of benzene rings is 1. The lowest BCUT2D eigenvalue weighted by Crippen LogP contribution is -2.39. The van der Waals surface area contributed by atoms with Gasteiger partial charge in [-0.1, -0.05) is 18.2 Å². The molecule has 0 radical (unpaired) electrons. The summed E-state index contributed by atoms with van der Waals surface area (Å²) in [5.41, 5.74) is 1.63. The van der Waals surface area contributed by atoms with Gasteiger partial charge in [0, 0.05) is 38.2 Å². The van der Waals surface area contributed by atoms with E-state index in [1.807, 2.05) is 49.4 Å². The highest BCUT2D eigenvalue weighted by atomic mass is 127. The molecule has 0 saturated carbocycles. The third kappa shape index (κ3) is 8.27. The van der Waals surface area contributed by atoms with Gasteiger partial charge < -0.3 is 20.3 Å². The van der Waals surface area contributed by atoms with Crippen molar-refractivity contribution in [2.75, 3.05) is 33.8 Å². The Morgan fingerprint density at radius 2 is 2.03 bits per heavy atom. The Kier molecular flexibility index (Phi) is 11.8. The van der Waals surface area contributed by atoms with Crippen LogP contribution in [0.1, 0.15) is 41.0 Å². The second kappa shape index (κ2) is 13.5. The van der Waals surface area contributed by atoms with E-state index < -0.39 is 0 Å². The molecule has 0 spiro atoms. The summed E-state index contributed by atoms with van der Waals surface area (Å²) in [6, 6.07) is 9.18. The predicted octanol–water partition coefficient (Wildman–Crippen LogP) is 3.30. The van der Waals surface area contributed by atoms with Crippen LogP contribution in [-0.2, 0) is 11.3 Å². The van der Waals surface area contributed by atoms with Crippen molar-refractivity contribution >= 4 is 47.2 Å². The number of methoxy groups -OCH3 is 1. The van der Waals surface area contributed by atoms with Crippen molar-refractivity contribution in [3.8, 4) is 0 Å². The van der Waals surface area contributed by atoms with Crippen LogP contribution < -0.4 is 10.6 Å². The van der Waals surface area contributed by atoms with E-state index in [1.54, 1.807) is 30.6 Å². The predicted molar refractivity (Wildman–Crippen MR) is 129 cm³/mol. The number of hydrogen-bond acceptors (Lipinski definition) is 5. The van der Waals surface area contributed by atoms with Gasteiger partial charge in [-0.25, -0.2) is 4.98 Å². The molecule has 1 heterocycles. The summed E-state index contributed by atoms with van der Waals surface area (Å²) >= 11 is 1.60. The SMILES string of the molecule is CCNC(=NCCNC(=O)c1ccccc1)N(C)Cc1csc(C(C)OC)n1.I. The van der Waals surface area contributed by atoms with E-state index in [9.17, 15) is 4.79 Å². The quantitative estimate of drug-likeness (QED) is 0.225. The minimum absolute atomic E-state index is 0. The normalized spacial score (nSPS) is 12.1. The molecule has 1 atom stereocenters. The molecule has 1 aromatic heterocycles. The highest BCUT2D eigenvalue weighted by molar-refractivity contribution is 14.0. The molecular formula is C20H30IN5O2S. The Labute approximate surface area is 194 Å². The molecule has 2 aromatic rings. The first-order valence-electron chi connectivity index (χ1n) is 9.35. The maximum absolute atomic E-state index is 12.1. The van der Waals surface area contributed by atoms with E-state index in [2.05, 4.69) is 20.6 Å². The summed E-state index contributed by atoms with van der Waals surface area (Å²) in [6.45, 7) is 6.40. The zero-order valence-corrected chi connectivity index (χ0v) is 20.5. The lowest BCUT2D eigenvalue weighted by molar-refractivity contribution is 0.0954. The number of rotatable bonds is 9. The standard InChI is InChI=1S/C20H29N5O2S.HI/c1-5-21-20(23-12-11-22-18(26)16-9-7-6-8-10-16)25(3)13-17-14-28-19(24-17)15(2)27-4;/h6-10,14-15H,5,11-13H2,1-4H3,(H,21,23)(H,22,26);1H. The van der Waals surface area contributed by atoms with E-state index in [1.165, 1.54) is 0 Å². The van der Waals surface area contributed by atoms with Crippen LogP contribution in [0.5, 0.6) is 0 Å². The third-order valence-corrected chi connectivity index (χ3v) is 5.12. The van der Waals surface area contributed by atoms with E-state index in [-0.39, 0.29) is 36.0 Å². The molecule has 1 amide bonds. The summed E-state index contributed by atoms with van der Waals surface area (Å²) in [6.07, 6.45) is -0.000753. The van der Waals surface area contributed by atoms with Crippen LogP contribution >= 0.6 is 35.3 Å². The molecule has 0 bridgehead atoms. The number of halogens is 1. The van der Waals surface area contributed by atoms with Gasteiger partial charge in [-0.3, -0.25) is 9.79 Å². The molecule has 1 unspecified atom stereocenters. The number of nitrogens with zero attached hydrogens (tertiary/aromatic N) is 3. The Hall–Kier alpha value is -1.72. The van der Waals surface area contributed by atoms with Crippen LogP contribution in [0.25, 0.3) is 0 Å². The smallest absolute Gasteiger partial charge is 0.251 e. The van der Waals surface area contributed by atoms with Gasteiger partial charge in [0.2, 0.25) is 0 Å². The molecule has 0 aliphatic carbocycles. The Bertz CT molecular complexity index is 769. The number of aliphatic imine (C=N–C) groups is 1. The lowest BCUT2D eigenvalue weighted by Gasteiger charge is -2.21. The number of hydrogen-bond donors (Lipinski definition) is 2. The molecule has 29 heavy (non-hydrogen) atoms. The largest absolute Gasteiger partial charge is 0.375 e. The zero-order valence-electron chi connectivity index (χ0n) is 17.3. The Morgan fingerprint density at radius 3 is 2.69 bits per heavy atom. The fraction of sp³-hybridized carbons (Fsp3) is 0.450. The number of guanidine groups is 1. The van der Waals surface area contributed by atoms with Gasteiger partial charge in [0.1, 0.15) is 11.1 Å². The van der Waals surface area contributed by atoms with E-state index in [0.29, 0.717) is 25.2 Å². The fourth-order valence-electron chi connectivity index (χ4n) is 2.49. The highest BCUT2D eigenvalue weighted by Gasteiger charge is 2.12. The number of carbonyl (C=O) groups is 1. The molecule has 2 N–H and O–H groups in total. The molecule has 1 aromatic carbocycles. The van der Waals surface area contributed by atoms with Crippen molar-refractivity contribution in [2.45, 2.75) is 26.5 Å². The van der Waals surface area contributed by atoms with Crippen molar-refractivity contribution in [1.29, 1.82) is 0 Å². The van der Waals surface area contributed by atoms with Crippen molar-refractivity contribution < 1.29 is 9.53 Å². The van der Waals surface area contributed by atoms with Gasteiger partial charge in [-0.2, -0.15) is 0 Å². The number of amides is 1. The van der Waals surface area contributed by atoms with E-state index >= 15 is 0 Å². The van der Waals surface area contributed by atoms with Gasteiger partial charge in [-0.15, -0.1) is 35.3 Å². The monoisotopic (exact) mass is 531 g/mol. The number of thiazole rings is 1. The summed E-state index contributed by atoms with van der Waals surface area (Å²) in [5, 5.41) is 9.18. The van der Waals surface area contributed by atoms with Crippen LogP contribution in [0.4, 0.5) is 0 Å². The number of ether oxygens (including phenoxy) is 1. The molecule has 9 heteroatoms. The first-order chi connectivity index (χ1) is 13.5. The number of carbonyl (C=O) groups excluding carboxylic acids is 1. The van der Waals surface area contributed by atoms with Crippen molar-refractivity contribution in [2.24, 2.45) is 4.99 Å². The van der Waals surface area contributed by atoms with Crippen LogP contribution in [-0.4, -0.2) is 55.5 Å². The molecule has 0 aliphatic rings. The minimum atomic E-state index is -0.0866.